The predicted octanol–water partition coefficient (Wildman–Crippen LogP) is 2.70. The first kappa shape index (κ1) is 10.4. The second-order valence-electron chi connectivity index (χ2n) is 3.80. The number of rotatable bonds is 0. The molecule has 0 fully saturated rings. The van der Waals surface area contributed by atoms with Crippen LogP contribution in [0.25, 0.3) is 0 Å². The summed E-state index contributed by atoms with van der Waals surface area (Å²) in [5, 5.41) is 2.66. The summed E-state index contributed by atoms with van der Waals surface area (Å²) in [6.45, 7) is 3.26. The van der Waals surface area contributed by atoms with Crippen LogP contribution in [-0.2, 0) is 4.79 Å². The summed E-state index contributed by atoms with van der Waals surface area (Å²) in [5.41, 5.74) is -0.504. The first-order chi connectivity index (χ1) is 6.92. The van der Waals surface area contributed by atoms with Gasteiger partial charge in [-0.25, -0.2) is 4.39 Å². The minimum atomic E-state index is -0.983. The number of ether oxygens (including phenoxy) is 1. The normalized spacial score (nSPS) is 17.7. The van der Waals surface area contributed by atoms with E-state index in [4.69, 9.17) is 4.74 Å². The molecule has 0 bridgehead atoms. The quantitative estimate of drug-likeness (QED) is 0.789. The molecular formula is C10H9BrFNO2. The Morgan fingerprint density at radius 3 is 2.80 bits per heavy atom. The maximum atomic E-state index is 13.2. The molecule has 0 spiro atoms. The molecule has 0 atom stereocenters. The van der Waals surface area contributed by atoms with Gasteiger partial charge in [-0.2, -0.15) is 0 Å². The SMILES string of the molecule is CC1(C)Oc2c(ccc(F)c2Br)NC1=O. The summed E-state index contributed by atoms with van der Waals surface area (Å²) < 4.78 is 18.9. The van der Waals surface area contributed by atoms with Crippen molar-refractivity contribution < 1.29 is 13.9 Å². The Bertz CT molecular complexity index is 445. The summed E-state index contributed by atoms with van der Waals surface area (Å²) in [4.78, 5) is 11.5. The second kappa shape index (κ2) is 3.20. The first-order valence-corrected chi connectivity index (χ1v) is 5.19. The molecule has 3 nitrogen and oxygen atoms in total. The van der Waals surface area contributed by atoms with Crippen LogP contribution in [-0.4, -0.2) is 11.5 Å². The zero-order chi connectivity index (χ0) is 11.2. The van der Waals surface area contributed by atoms with Crippen LogP contribution in [0.1, 0.15) is 13.8 Å². The monoisotopic (exact) mass is 273 g/mol. The average Bonchev–Trinajstić information content (AvgIpc) is 2.15. The lowest BCUT2D eigenvalue weighted by atomic mass is 10.1. The molecule has 1 heterocycles. The number of carbonyl (C=O) groups excluding carboxylic acids is 1. The summed E-state index contributed by atoms with van der Waals surface area (Å²) in [5.74, 6) is -0.325. The summed E-state index contributed by atoms with van der Waals surface area (Å²) in [7, 11) is 0. The van der Waals surface area contributed by atoms with E-state index < -0.39 is 11.4 Å². The van der Waals surface area contributed by atoms with Crippen LogP contribution in [0.4, 0.5) is 10.1 Å². The Hall–Kier alpha value is -1.10. The number of fused-ring (bicyclic) bond motifs is 1. The molecule has 0 saturated heterocycles. The summed E-state index contributed by atoms with van der Waals surface area (Å²) in [6.07, 6.45) is 0. The highest BCUT2D eigenvalue weighted by Crippen LogP contribution is 2.40. The maximum Gasteiger partial charge on any atom is 0.268 e. The third-order valence-corrected chi connectivity index (χ3v) is 2.94. The Morgan fingerprint density at radius 2 is 2.13 bits per heavy atom. The fraction of sp³-hybridized carbons (Fsp3) is 0.300. The Kier molecular flexibility index (Phi) is 2.22. The van der Waals surface area contributed by atoms with Gasteiger partial charge in [-0.05, 0) is 41.9 Å². The number of amides is 1. The molecule has 0 saturated carbocycles. The van der Waals surface area contributed by atoms with E-state index in [1.54, 1.807) is 13.8 Å². The average molecular weight is 274 g/mol. The molecule has 1 amide bonds. The van der Waals surface area contributed by atoms with Crippen LogP contribution < -0.4 is 10.1 Å². The van der Waals surface area contributed by atoms with Crippen molar-refractivity contribution in [2.24, 2.45) is 0 Å². The van der Waals surface area contributed by atoms with Gasteiger partial charge in [-0.3, -0.25) is 4.79 Å². The molecule has 0 aromatic heterocycles. The van der Waals surface area contributed by atoms with Gasteiger partial charge in [-0.1, -0.05) is 0 Å². The topological polar surface area (TPSA) is 38.3 Å². The molecule has 2 rings (SSSR count). The van der Waals surface area contributed by atoms with E-state index in [0.717, 1.165) is 0 Å². The van der Waals surface area contributed by atoms with Gasteiger partial charge in [0.2, 0.25) is 0 Å². The van der Waals surface area contributed by atoms with Crippen molar-refractivity contribution in [3.8, 4) is 5.75 Å². The zero-order valence-corrected chi connectivity index (χ0v) is 9.81. The van der Waals surface area contributed by atoms with Gasteiger partial charge in [0.1, 0.15) is 5.82 Å². The van der Waals surface area contributed by atoms with Gasteiger partial charge < -0.3 is 10.1 Å². The largest absolute Gasteiger partial charge is 0.475 e. The van der Waals surface area contributed by atoms with E-state index in [1.165, 1.54) is 12.1 Å². The van der Waals surface area contributed by atoms with Crippen molar-refractivity contribution in [3.63, 3.8) is 0 Å². The third kappa shape index (κ3) is 1.61. The second-order valence-corrected chi connectivity index (χ2v) is 4.60. The number of carbonyl (C=O) groups is 1. The molecule has 80 valence electrons. The Labute approximate surface area is 94.7 Å². The maximum absolute atomic E-state index is 13.2. The van der Waals surface area contributed by atoms with Crippen LogP contribution in [0.5, 0.6) is 5.75 Å². The fourth-order valence-electron chi connectivity index (χ4n) is 1.30. The minimum absolute atomic E-state index is 0.230. The number of anilines is 1. The van der Waals surface area contributed by atoms with E-state index in [9.17, 15) is 9.18 Å². The fourth-order valence-corrected chi connectivity index (χ4v) is 1.73. The molecule has 15 heavy (non-hydrogen) atoms. The van der Waals surface area contributed by atoms with Gasteiger partial charge in [0.05, 0.1) is 10.2 Å². The molecule has 0 aliphatic carbocycles. The molecule has 0 unspecified atom stereocenters. The predicted molar refractivity (Wildman–Crippen MR) is 57.4 cm³/mol. The van der Waals surface area contributed by atoms with E-state index in [0.29, 0.717) is 11.4 Å². The minimum Gasteiger partial charge on any atom is -0.475 e. The smallest absolute Gasteiger partial charge is 0.268 e. The van der Waals surface area contributed by atoms with E-state index in [1.807, 2.05) is 0 Å². The third-order valence-electron chi connectivity index (χ3n) is 2.20. The highest BCUT2D eigenvalue weighted by atomic mass is 79.9. The molecule has 1 N–H and O–H groups in total. The lowest BCUT2D eigenvalue weighted by molar-refractivity contribution is -0.129. The Balaban J connectivity index is 2.56. The number of benzene rings is 1. The number of hydrogen-bond donors (Lipinski definition) is 1. The molecule has 1 aliphatic heterocycles. The van der Waals surface area contributed by atoms with Crippen molar-refractivity contribution in [2.75, 3.05) is 5.32 Å². The molecule has 0 radical (unpaired) electrons. The zero-order valence-electron chi connectivity index (χ0n) is 8.23. The van der Waals surface area contributed by atoms with Crippen LogP contribution in [0, 0.1) is 5.82 Å². The molecule has 1 aliphatic rings. The number of halogens is 2. The van der Waals surface area contributed by atoms with Crippen LogP contribution in [0.15, 0.2) is 16.6 Å². The van der Waals surface area contributed by atoms with Crippen molar-refractivity contribution in [1.29, 1.82) is 0 Å². The van der Waals surface area contributed by atoms with Crippen molar-refractivity contribution in [3.05, 3.63) is 22.4 Å². The Morgan fingerprint density at radius 1 is 1.47 bits per heavy atom. The van der Waals surface area contributed by atoms with Gasteiger partial charge >= 0.3 is 0 Å². The first-order valence-electron chi connectivity index (χ1n) is 4.40. The summed E-state index contributed by atoms with van der Waals surface area (Å²) in [6, 6.07) is 2.74. The van der Waals surface area contributed by atoms with E-state index in [2.05, 4.69) is 21.2 Å². The summed E-state index contributed by atoms with van der Waals surface area (Å²) >= 11 is 3.09. The van der Waals surface area contributed by atoms with Crippen molar-refractivity contribution in [1.82, 2.24) is 0 Å². The van der Waals surface area contributed by atoms with Gasteiger partial charge in [0, 0.05) is 0 Å². The van der Waals surface area contributed by atoms with E-state index in [-0.39, 0.29) is 10.4 Å². The molecule has 1 aromatic rings. The molecule has 1 aromatic carbocycles. The lowest BCUT2D eigenvalue weighted by Gasteiger charge is -2.32. The highest BCUT2D eigenvalue weighted by molar-refractivity contribution is 9.10. The van der Waals surface area contributed by atoms with E-state index >= 15 is 0 Å². The van der Waals surface area contributed by atoms with Crippen LogP contribution in [0.3, 0.4) is 0 Å². The molecular weight excluding hydrogens is 265 g/mol. The highest BCUT2D eigenvalue weighted by Gasteiger charge is 2.36. The number of hydrogen-bond acceptors (Lipinski definition) is 2. The van der Waals surface area contributed by atoms with Crippen LogP contribution >= 0.6 is 15.9 Å². The van der Waals surface area contributed by atoms with Crippen molar-refractivity contribution in [2.45, 2.75) is 19.4 Å². The van der Waals surface area contributed by atoms with Gasteiger partial charge in [-0.15, -0.1) is 0 Å². The standard InChI is InChI=1S/C10H9BrFNO2/c1-10(2)9(14)13-6-4-3-5(12)7(11)8(6)15-10/h3-4H,1-2H3,(H,13,14). The lowest BCUT2D eigenvalue weighted by Crippen LogP contribution is -2.45. The van der Waals surface area contributed by atoms with Crippen molar-refractivity contribution >= 4 is 27.5 Å². The molecule has 5 heteroatoms. The van der Waals surface area contributed by atoms with Crippen LogP contribution in [0.2, 0.25) is 0 Å². The van der Waals surface area contributed by atoms with Gasteiger partial charge in [0.15, 0.2) is 11.4 Å². The number of nitrogens with one attached hydrogen (secondary N) is 1. The van der Waals surface area contributed by atoms with Gasteiger partial charge in [0.25, 0.3) is 5.91 Å².